The van der Waals surface area contributed by atoms with Crippen LogP contribution in [0.15, 0.2) is 85.1 Å². The second kappa shape index (κ2) is 47.0. The standard InChI is InChI=1S/C65H111NO18/c1-3-5-7-9-11-13-15-17-19-21-23-24-25-27-29-31-33-35-37-39-41-43-53(71)66-48(49(70)42-40-38-36-34-32-30-28-26-22-20-18-16-14-12-10-8-6-4-2)47-79-63-59(77)56(74)61(51(45-68)81-63)84-65-60(78)57(75)62(52(46-69)82-65)83-64-58(76)55(73)54(72)50(44-67)80-64/h5,7,11,13,17,19,23-24,27,29,32,34,40,42,48-52,54-65,67-70,72-78H,3-4,6,8-10,12,14-16,18,20-22,25-26,28,30-31,33,35-39,41,43-47H2,1-2H3,(H,66,71)/b7-5-,13-11-,19-17-,24-23-,29-27-,34-32+,42-40+. The van der Waals surface area contributed by atoms with E-state index in [1.165, 1.54) is 70.6 Å². The van der Waals surface area contributed by atoms with Gasteiger partial charge in [-0.1, -0.05) is 189 Å². The Labute approximate surface area is 501 Å². The molecule has 17 unspecified atom stereocenters. The SMILES string of the molecule is CC/C=C\C/C=C\C/C=C\C/C=C\C/C=C\CCCCCCCC(=O)NC(COC1OC(CO)C(OC2OC(CO)C(OC3OC(CO)C(O)C(O)C3O)C(O)C2O)C(O)C1O)C(O)/C=C/CC/C=C/CCCCCCCCCCCCCC. The minimum atomic E-state index is -1.99. The fourth-order valence-corrected chi connectivity index (χ4v) is 10.2. The second-order valence-electron chi connectivity index (χ2n) is 22.5. The lowest BCUT2D eigenvalue weighted by atomic mass is 9.96. The predicted molar refractivity (Wildman–Crippen MR) is 323 cm³/mol. The molecule has 3 aliphatic rings. The molecule has 0 bridgehead atoms. The Bertz CT molecular complexity index is 1860. The van der Waals surface area contributed by atoms with Crippen molar-refractivity contribution in [2.45, 2.75) is 291 Å². The maximum absolute atomic E-state index is 13.4. The molecular weight excluding hydrogens is 1080 g/mol. The molecule has 0 radical (unpaired) electrons. The van der Waals surface area contributed by atoms with Crippen molar-refractivity contribution in [2.75, 3.05) is 26.4 Å². The summed E-state index contributed by atoms with van der Waals surface area (Å²) >= 11 is 0. The Morgan fingerprint density at radius 1 is 0.440 bits per heavy atom. The van der Waals surface area contributed by atoms with Crippen molar-refractivity contribution in [1.82, 2.24) is 5.32 Å². The summed E-state index contributed by atoms with van der Waals surface area (Å²) in [5, 5.41) is 120. The number of amides is 1. The molecule has 0 saturated carbocycles. The van der Waals surface area contributed by atoms with E-state index < -0.39 is 124 Å². The third-order valence-corrected chi connectivity index (χ3v) is 15.4. The van der Waals surface area contributed by atoms with Crippen molar-refractivity contribution >= 4 is 5.91 Å². The van der Waals surface area contributed by atoms with E-state index in [-0.39, 0.29) is 18.9 Å². The highest BCUT2D eigenvalue weighted by Crippen LogP contribution is 2.33. The lowest BCUT2D eigenvalue weighted by Gasteiger charge is -2.48. The van der Waals surface area contributed by atoms with Crippen LogP contribution < -0.4 is 5.32 Å². The summed E-state index contributed by atoms with van der Waals surface area (Å²) in [7, 11) is 0. The Hall–Kier alpha value is -3.03. The van der Waals surface area contributed by atoms with E-state index in [1.807, 2.05) is 6.08 Å². The van der Waals surface area contributed by atoms with E-state index in [1.54, 1.807) is 6.08 Å². The lowest BCUT2D eigenvalue weighted by Crippen LogP contribution is -2.66. The van der Waals surface area contributed by atoms with Crippen molar-refractivity contribution in [3.05, 3.63) is 85.1 Å². The third-order valence-electron chi connectivity index (χ3n) is 15.4. The van der Waals surface area contributed by atoms with Crippen LogP contribution in [-0.4, -0.2) is 193 Å². The van der Waals surface area contributed by atoms with Gasteiger partial charge in [0.05, 0.1) is 38.6 Å². The quantitative estimate of drug-likeness (QED) is 0.0221. The molecule has 3 fully saturated rings. The number of hydrogen-bond donors (Lipinski definition) is 12. The van der Waals surface area contributed by atoms with Crippen LogP contribution in [-0.2, 0) is 33.2 Å². The van der Waals surface area contributed by atoms with Crippen molar-refractivity contribution in [3.8, 4) is 0 Å². The molecule has 19 nitrogen and oxygen atoms in total. The minimum Gasteiger partial charge on any atom is -0.394 e. The molecule has 3 aliphatic heterocycles. The zero-order chi connectivity index (χ0) is 61.2. The van der Waals surface area contributed by atoms with Crippen LogP contribution in [0.1, 0.15) is 187 Å². The van der Waals surface area contributed by atoms with Crippen molar-refractivity contribution in [2.24, 2.45) is 0 Å². The van der Waals surface area contributed by atoms with Gasteiger partial charge in [-0.2, -0.15) is 0 Å². The number of carbonyl (C=O) groups excluding carboxylic acids is 1. The molecule has 17 atom stereocenters. The van der Waals surface area contributed by atoms with Crippen LogP contribution in [0.3, 0.4) is 0 Å². The van der Waals surface area contributed by atoms with Crippen LogP contribution >= 0.6 is 0 Å². The Balaban J connectivity index is 1.50. The van der Waals surface area contributed by atoms with Gasteiger partial charge in [-0.15, -0.1) is 0 Å². The third kappa shape index (κ3) is 29.8. The fourth-order valence-electron chi connectivity index (χ4n) is 10.2. The van der Waals surface area contributed by atoms with Gasteiger partial charge in [-0.3, -0.25) is 4.79 Å². The first-order valence-electron chi connectivity index (χ1n) is 31.8. The normalized spacial score (nSPS) is 29.8. The minimum absolute atomic E-state index is 0.208. The first-order valence-corrected chi connectivity index (χ1v) is 31.8. The summed E-state index contributed by atoms with van der Waals surface area (Å²) in [5.74, 6) is -0.308. The number of unbranched alkanes of at least 4 members (excludes halogenated alkanes) is 18. The molecule has 484 valence electrons. The molecule has 0 aromatic heterocycles. The van der Waals surface area contributed by atoms with Crippen LogP contribution in [0, 0.1) is 0 Å². The fraction of sp³-hybridized carbons (Fsp3) is 0.769. The number of rotatable bonds is 46. The maximum Gasteiger partial charge on any atom is 0.220 e. The largest absolute Gasteiger partial charge is 0.394 e. The lowest BCUT2D eigenvalue weighted by molar-refractivity contribution is -0.379. The summed E-state index contributed by atoms with van der Waals surface area (Å²) in [5.41, 5.74) is 0. The average Bonchev–Trinajstić information content (AvgIpc) is 2.76. The van der Waals surface area contributed by atoms with Gasteiger partial charge in [-0.05, 0) is 77.0 Å². The highest BCUT2D eigenvalue weighted by atomic mass is 16.8. The second-order valence-corrected chi connectivity index (χ2v) is 22.5. The van der Waals surface area contributed by atoms with E-state index in [9.17, 15) is 61.0 Å². The molecular formula is C65H111NO18. The van der Waals surface area contributed by atoms with Gasteiger partial charge in [0.25, 0.3) is 0 Å². The molecule has 0 aromatic rings. The van der Waals surface area contributed by atoms with Gasteiger partial charge in [0.15, 0.2) is 18.9 Å². The van der Waals surface area contributed by atoms with E-state index in [0.29, 0.717) is 12.8 Å². The van der Waals surface area contributed by atoms with E-state index >= 15 is 0 Å². The number of aliphatic hydroxyl groups excluding tert-OH is 11. The Kier molecular flexibility index (Phi) is 42.1. The summed E-state index contributed by atoms with van der Waals surface area (Å²) in [6, 6.07) is -1.01. The number of carbonyl (C=O) groups is 1. The molecule has 0 aromatic carbocycles. The van der Waals surface area contributed by atoms with Gasteiger partial charge < -0.3 is 89.9 Å². The molecule has 19 heteroatoms. The Morgan fingerprint density at radius 3 is 1.33 bits per heavy atom. The summed E-state index contributed by atoms with van der Waals surface area (Å²) in [6.07, 6.45) is 31.2. The molecule has 0 aliphatic carbocycles. The summed E-state index contributed by atoms with van der Waals surface area (Å²) in [4.78, 5) is 13.4. The zero-order valence-corrected chi connectivity index (χ0v) is 50.6. The number of ether oxygens (including phenoxy) is 6. The van der Waals surface area contributed by atoms with Crippen LogP contribution in [0.2, 0.25) is 0 Å². The first kappa shape index (κ1) is 75.2. The topological polar surface area (TPSA) is 307 Å². The van der Waals surface area contributed by atoms with Crippen LogP contribution in [0.5, 0.6) is 0 Å². The first-order chi connectivity index (χ1) is 40.8. The number of hydrogen-bond acceptors (Lipinski definition) is 18. The Morgan fingerprint density at radius 2 is 0.833 bits per heavy atom. The van der Waals surface area contributed by atoms with Crippen LogP contribution in [0.25, 0.3) is 0 Å². The number of allylic oxidation sites excluding steroid dienone is 13. The average molecular weight is 1190 g/mol. The predicted octanol–water partition coefficient (Wildman–Crippen LogP) is 6.76. The van der Waals surface area contributed by atoms with Gasteiger partial charge in [0.2, 0.25) is 5.91 Å². The van der Waals surface area contributed by atoms with Gasteiger partial charge in [-0.25, -0.2) is 0 Å². The zero-order valence-electron chi connectivity index (χ0n) is 50.6. The molecule has 3 rings (SSSR count). The summed E-state index contributed by atoms with van der Waals surface area (Å²) in [6.45, 7) is 1.56. The van der Waals surface area contributed by atoms with E-state index in [4.69, 9.17) is 28.4 Å². The molecule has 12 N–H and O–H groups in total. The summed E-state index contributed by atoms with van der Waals surface area (Å²) < 4.78 is 34.2. The molecule has 0 spiro atoms. The highest BCUT2D eigenvalue weighted by Gasteiger charge is 2.53. The molecule has 84 heavy (non-hydrogen) atoms. The molecule has 3 saturated heterocycles. The highest BCUT2D eigenvalue weighted by molar-refractivity contribution is 5.76. The van der Waals surface area contributed by atoms with Gasteiger partial charge in [0.1, 0.15) is 73.2 Å². The molecule has 3 heterocycles. The number of aliphatic hydroxyl groups is 11. The number of nitrogens with one attached hydrogen (secondary N) is 1. The van der Waals surface area contributed by atoms with Crippen LogP contribution in [0.4, 0.5) is 0 Å². The van der Waals surface area contributed by atoms with E-state index in [0.717, 1.165) is 83.5 Å². The van der Waals surface area contributed by atoms with Crippen molar-refractivity contribution < 1.29 is 89.4 Å². The van der Waals surface area contributed by atoms with Gasteiger partial charge >= 0.3 is 0 Å². The maximum atomic E-state index is 13.4. The van der Waals surface area contributed by atoms with Gasteiger partial charge in [0, 0.05) is 6.42 Å². The smallest absolute Gasteiger partial charge is 0.220 e. The van der Waals surface area contributed by atoms with Crippen molar-refractivity contribution in [3.63, 3.8) is 0 Å². The van der Waals surface area contributed by atoms with Crippen molar-refractivity contribution in [1.29, 1.82) is 0 Å². The monoisotopic (exact) mass is 1190 g/mol. The molecule has 1 amide bonds. The van der Waals surface area contributed by atoms with E-state index in [2.05, 4.69) is 92.1 Å².